The van der Waals surface area contributed by atoms with E-state index in [0.29, 0.717) is 43.9 Å². The van der Waals surface area contributed by atoms with Crippen LogP contribution in [-0.2, 0) is 9.47 Å². The Balaban J connectivity index is 2.37. The van der Waals surface area contributed by atoms with Gasteiger partial charge in [-0.3, -0.25) is 0 Å². The van der Waals surface area contributed by atoms with Gasteiger partial charge in [0, 0.05) is 32.1 Å². The summed E-state index contributed by atoms with van der Waals surface area (Å²) in [5.74, 6) is 7.37. The molecule has 0 aliphatic carbocycles. The van der Waals surface area contributed by atoms with Crippen LogP contribution in [0.25, 0.3) is 0 Å². The van der Waals surface area contributed by atoms with E-state index < -0.39 is 0 Å². The summed E-state index contributed by atoms with van der Waals surface area (Å²) in [6.45, 7) is 6.41. The van der Waals surface area contributed by atoms with Crippen LogP contribution in [0.15, 0.2) is 6.07 Å². The summed E-state index contributed by atoms with van der Waals surface area (Å²) < 4.78 is 15.8. The molecule has 0 saturated carbocycles. The van der Waals surface area contributed by atoms with Crippen LogP contribution in [-0.4, -0.2) is 43.5 Å². The first-order chi connectivity index (χ1) is 9.67. The molecule has 0 aliphatic heterocycles. The van der Waals surface area contributed by atoms with Crippen molar-refractivity contribution in [3.8, 4) is 5.88 Å². The van der Waals surface area contributed by atoms with E-state index in [-0.39, 0.29) is 5.92 Å². The van der Waals surface area contributed by atoms with Crippen molar-refractivity contribution in [2.75, 3.05) is 39.0 Å². The van der Waals surface area contributed by atoms with Gasteiger partial charge in [-0.25, -0.2) is 10.8 Å². The summed E-state index contributed by atoms with van der Waals surface area (Å²) in [4.78, 5) is 8.60. The molecule has 0 spiro atoms. The number of hydrogen-bond donors (Lipinski definition) is 2. The molecule has 7 nitrogen and oxygen atoms in total. The van der Waals surface area contributed by atoms with E-state index in [4.69, 9.17) is 20.1 Å². The average Bonchev–Trinajstić information content (AvgIpc) is 2.46. The van der Waals surface area contributed by atoms with E-state index in [9.17, 15) is 0 Å². The molecule has 0 fully saturated rings. The van der Waals surface area contributed by atoms with E-state index in [1.807, 2.05) is 13.8 Å². The average molecular weight is 284 g/mol. The number of rotatable bonds is 10. The van der Waals surface area contributed by atoms with Gasteiger partial charge in [-0.05, 0) is 0 Å². The third-order valence-corrected chi connectivity index (χ3v) is 2.50. The first-order valence-corrected chi connectivity index (χ1v) is 6.72. The van der Waals surface area contributed by atoms with Gasteiger partial charge in [-0.15, -0.1) is 0 Å². The number of hydrazine groups is 1. The van der Waals surface area contributed by atoms with Crippen LogP contribution in [0.5, 0.6) is 5.88 Å². The second-order valence-electron chi connectivity index (χ2n) is 4.56. The lowest BCUT2D eigenvalue weighted by Gasteiger charge is -2.11. The highest BCUT2D eigenvalue weighted by Gasteiger charge is 2.08. The highest BCUT2D eigenvalue weighted by atomic mass is 16.5. The predicted octanol–water partition coefficient (Wildman–Crippen LogP) is 1.32. The van der Waals surface area contributed by atoms with E-state index in [1.54, 1.807) is 13.2 Å². The molecular weight excluding hydrogens is 260 g/mol. The Hall–Kier alpha value is -1.44. The van der Waals surface area contributed by atoms with Gasteiger partial charge in [0.2, 0.25) is 5.88 Å². The Morgan fingerprint density at radius 1 is 1.20 bits per heavy atom. The smallest absolute Gasteiger partial charge is 0.218 e. The fourth-order valence-corrected chi connectivity index (χ4v) is 1.43. The number of ether oxygens (including phenoxy) is 3. The molecule has 1 aromatic rings. The maximum atomic E-state index is 5.59. The van der Waals surface area contributed by atoms with Crippen LogP contribution >= 0.6 is 0 Å². The molecule has 0 aromatic carbocycles. The number of nitrogens with two attached hydrogens (primary N) is 1. The number of nitrogens with one attached hydrogen (secondary N) is 1. The van der Waals surface area contributed by atoms with Crippen LogP contribution in [0.1, 0.15) is 32.0 Å². The van der Waals surface area contributed by atoms with Crippen LogP contribution in [0.4, 0.5) is 5.82 Å². The first-order valence-electron chi connectivity index (χ1n) is 6.72. The lowest BCUT2D eigenvalue weighted by Crippen LogP contribution is -2.12. The zero-order valence-electron chi connectivity index (χ0n) is 12.4. The lowest BCUT2D eigenvalue weighted by molar-refractivity contribution is 0.0642. The number of nitrogen functional groups attached to an aromatic ring is 1. The highest BCUT2D eigenvalue weighted by molar-refractivity contribution is 5.37. The van der Waals surface area contributed by atoms with Crippen LogP contribution < -0.4 is 16.0 Å². The maximum Gasteiger partial charge on any atom is 0.218 e. The second-order valence-corrected chi connectivity index (χ2v) is 4.56. The lowest BCUT2D eigenvalue weighted by atomic mass is 10.2. The fourth-order valence-electron chi connectivity index (χ4n) is 1.43. The van der Waals surface area contributed by atoms with Gasteiger partial charge in [-0.1, -0.05) is 13.8 Å². The Morgan fingerprint density at radius 3 is 2.65 bits per heavy atom. The largest absolute Gasteiger partial charge is 0.477 e. The van der Waals surface area contributed by atoms with Gasteiger partial charge in [0.25, 0.3) is 0 Å². The van der Waals surface area contributed by atoms with Gasteiger partial charge in [0.1, 0.15) is 11.6 Å². The molecule has 0 unspecified atom stereocenters. The Kier molecular flexibility index (Phi) is 7.86. The third-order valence-electron chi connectivity index (χ3n) is 2.50. The Labute approximate surface area is 119 Å². The van der Waals surface area contributed by atoms with Crippen LogP contribution in [0.3, 0.4) is 0 Å². The fraction of sp³-hybridized carbons (Fsp3) is 0.692. The van der Waals surface area contributed by atoms with Crippen molar-refractivity contribution >= 4 is 5.82 Å². The molecule has 0 atom stereocenters. The standard InChI is InChI=1S/C13H24N4O3/c1-10(2)13-15-11(17-14)9-12(16-13)20-6-4-5-19-8-7-18-3/h9-10H,4-8,14H2,1-3H3,(H,15,16,17). The molecule has 1 aromatic heterocycles. The molecule has 0 saturated heterocycles. The first kappa shape index (κ1) is 16.6. The van der Waals surface area contributed by atoms with Crippen molar-refractivity contribution in [3.63, 3.8) is 0 Å². The summed E-state index contributed by atoms with van der Waals surface area (Å²) in [6.07, 6.45) is 0.788. The summed E-state index contributed by atoms with van der Waals surface area (Å²) in [7, 11) is 1.65. The molecule has 1 heterocycles. The van der Waals surface area contributed by atoms with Crippen molar-refractivity contribution in [2.45, 2.75) is 26.2 Å². The summed E-state index contributed by atoms with van der Waals surface area (Å²) >= 11 is 0. The third kappa shape index (κ3) is 6.14. The van der Waals surface area contributed by atoms with Gasteiger partial charge in [0.15, 0.2) is 0 Å². The normalized spacial score (nSPS) is 10.8. The SMILES string of the molecule is COCCOCCCOc1cc(NN)nc(C(C)C)n1. The molecule has 1 rings (SSSR count). The highest BCUT2D eigenvalue weighted by Crippen LogP contribution is 2.17. The molecule has 20 heavy (non-hydrogen) atoms. The van der Waals surface area contributed by atoms with E-state index in [1.165, 1.54) is 0 Å². The number of nitrogens with zero attached hydrogens (tertiary/aromatic N) is 2. The Bertz CT molecular complexity index is 388. The zero-order valence-corrected chi connectivity index (χ0v) is 12.4. The molecular formula is C13H24N4O3. The number of anilines is 1. The van der Waals surface area contributed by atoms with E-state index >= 15 is 0 Å². The Morgan fingerprint density at radius 2 is 2.00 bits per heavy atom. The molecule has 114 valence electrons. The van der Waals surface area contributed by atoms with Crippen molar-refractivity contribution < 1.29 is 14.2 Å². The monoisotopic (exact) mass is 284 g/mol. The van der Waals surface area contributed by atoms with Gasteiger partial charge < -0.3 is 19.6 Å². The zero-order chi connectivity index (χ0) is 14.8. The molecule has 7 heteroatoms. The topological polar surface area (TPSA) is 91.5 Å². The number of methoxy groups -OCH3 is 1. The van der Waals surface area contributed by atoms with Crippen molar-refractivity contribution in [3.05, 3.63) is 11.9 Å². The minimum atomic E-state index is 0.211. The maximum absolute atomic E-state index is 5.59. The molecule has 0 radical (unpaired) electrons. The summed E-state index contributed by atoms with van der Waals surface area (Å²) in [5.41, 5.74) is 2.52. The van der Waals surface area contributed by atoms with Crippen LogP contribution in [0.2, 0.25) is 0 Å². The van der Waals surface area contributed by atoms with Gasteiger partial charge in [0.05, 0.1) is 19.8 Å². The van der Waals surface area contributed by atoms with Crippen molar-refractivity contribution in [1.82, 2.24) is 9.97 Å². The minimum Gasteiger partial charge on any atom is -0.477 e. The quantitative estimate of drug-likeness (QED) is 0.380. The van der Waals surface area contributed by atoms with Gasteiger partial charge >= 0.3 is 0 Å². The van der Waals surface area contributed by atoms with Crippen molar-refractivity contribution in [1.29, 1.82) is 0 Å². The van der Waals surface area contributed by atoms with Crippen LogP contribution in [0, 0.1) is 0 Å². The van der Waals surface area contributed by atoms with E-state index in [2.05, 4.69) is 15.4 Å². The minimum absolute atomic E-state index is 0.211. The molecule has 0 aliphatic rings. The molecule has 0 amide bonds. The number of hydrogen-bond acceptors (Lipinski definition) is 7. The van der Waals surface area contributed by atoms with E-state index in [0.717, 1.165) is 6.42 Å². The second kappa shape index (κ2) is 9.46. The summed E-state index contributed by atoms with van der Waals surface area (Å²) in [6, 6.07) is 1.68. The summed E-state index contributed by atoms with van der Waals surface area (Å²) in [5, 5.41) is 0. The molecule has 3 N–H and O–H groups in total. The predicted molar refractivity (Wildman–Crippen MR) is 76.7 cm³/mol. The van der Waals surface area contributed by atoms with Crippen molar-refractivity contribution in [2.24, 2.45) is 5.84 Å². The number of aromatic nitrogens is 2. The van der Waals surface area contributed by atoms with Gasteiger partial charge in [-0.2, -0.15) is 4.98 Å². The molecule has 0 bridgehead atoms.